The van der Waals surface area contributed by atoms with Gasteiger partial charge in [0, 0.05) is 15.3 Å². The largest absolute Gasteiger partial charge is 0.478 e. The normalized spacial score (nSPS) is 10.8. The van der Waals surface area contributed by atoms with Crippen LogP contribution in [0.25, 0.3) is 21.2 Å². The molecule has 1 N–H and O–H groups in total. The first-order chi connectivity index (χ1) is 9.16. The minimum atomic E-state index is -0.967. The topological polar surface area (TPSA) is 37.3 Å². The monoisotopic (exact) mass is 288 g/mol. The van der Waals surface area contributed by atoms with Crippen LogP contribution in [0.3, 0.4) is 0 Å². The molecule has 0 atom stereocenters. The molecule has 0 saturated heterocycles. The predicted octanol–water partition coefficient (Wildman–Crippen LogP) is 4.92. The lowest BCUT2D eigenvalue weighted by molar-refractivity contribution is 0.0698. The molecule has 0 aliphatic rings. The maximum atomic E-state index is 11.4. The lowest BCUT2D eigenvalue weighted by Crippen LogP contribution is -1.99. The van der Waals surface area contributed by atoms with Gasteiger partial charge in [0.25, 0.3) is 0 Å². The van der Waals surface area contributed by atoms with Gasteiger partial charge in [-0.1, -0.05) is 35.9 Å². The molecule has 1 heterocycles. The molecule has 2 nitrogen and oxygen atoms in total. The molecule has 0 amide bonds. The fourth-order valence-electron chi connectivity index (χ4n) is 2.13. The number of thiophene rings is 1. The van der Waals surface area contributed by atoms with Crippen molar-refractivity contribution in [3.05, 3.63) is 58.4 Å². The molecule has 0 spiro atoms. The van der Waals surface area contributed by atoms with Crippen molar-refractivity contribution in [3.8, 4) is 11.1 Å². The van der Waals surface area contributed by atoms with Crippen molar-refractivity contribution < 1.29 is 9.90 Å². The number of rotatable bonds is 2. The molecule has 2 aromatic carbocycles. The van der Waals surface area contributed by atoms with E-state index in [9.17, 15) is 9.90 Å². The minimum absolute atomic E-state index is 0.230. The number of carboxylic acid groups (broad SMARTS) is 1. The third kappa shape index (κ3) is 2.11. The summed E-state index contributed by atoms with van der Waals surface area (Å²) in [7, 11) is 0. The van der Waals surface area contributed by atoms with Gasteiger partial charge in [-0.05, 0) is 34.5 Å². The van der Waals surface area contributed by atoms with Crippen molar-refractivity contribution >= 4 is 39.0 Å². The van der Waals surface area contributed by atoms with Crippen LogP contribution in [0.5, 0.6) is 0 Å². The Morgan fingerprint density at radius 1 is 1.11 bits per heavy atom. The first-order valence-electron chi connectivity index (χ1n) is 5.66. The second-order valence-corrected chi connectivity index (χ2v) is 5.49. The van der Waals surface area contributed by atoms with Gasteiger partial charge in [-0.15, -0.1) is 11.3 Å². The lowest BCUT2D eigenvalue weighted by atomic mass is 9.99. The van der Waals surface area contributed by atoms with Gasteiger partial charge >= 0.3 is 5.97 Å². The molecule has 4 heteroatoms. The van der Waals surface area contributed by atoms with Crippen molar-refractivity contribution in [2.45, 2.75) is 0 Å². The van der Waals surface area contributed by atoms with Crippen LogP contribution in [0.15, 0.2) is 47.8 Å². The standard InChI is InChI=1S/C15H9ClO2S/c16-10-4-5-11(13(8-10)15(17)18)12-3-1-2-9-6-7-19-14(9)12/h1-8H,(H,17,18). The van der Waals surface area contributed by atoms with E-state index in [0.717, 1.165) is 15.6 Å². The smallest absolute Gasteiger partial charge is 0.336 e. The SMILES string of the molecule is O=C(O)c1cc(Cl)ccc1-c1cccc2ccsc12. The Balaban J connectivity index is 2.33. The third-order valence-electron chi connectivity index (χ3n) is 2.98. The van der Waals surface area contributed by atoms with Crippen LogP contribution >= 0.6 is 22.9 Å². The van der Waals surface area contributed by atoms with E-state index in [2.05, 4.69) is 0 Å². The average molecular weight is 289 g/mol. The van der Waals surface area contributed by atoms with Crippen molar-refractivity contribution in [2.75, 3.05) is 0 Å². The van der Waals surface area contributed by atoms with Gasteiger partial charge in [0.15, 0.2) is 0 Å². The van der Waals surface area contributed by atoms with E-state index < -0.39 is 5.97 Å². The van der Waals surface area contributed by atoms with Gasteiger partial charge < -0.3 is 5.11 Å². The maximum Gasteiger partial charge on any atom is 0.336 e. The molecule has 1 aromatic heterocycles. The van der Waals surface area contributed by atoms with E-state index in [4.69, 9.17) is 11.6 Å². The van der Waals surface area contributed by atoms with Gasteiger partial charge in [0.2, 0.25) is 0 Å². The summed E-state index contributed by atoms with van der Waals surface area (Å²) in [6, 6.07) is 12.9. The fraction of sp³-hybridized carbons (Fsp3) is 0. The highest BCUT2D eigenvalue weighted by atomic mass is 35.5. The number of hydrogen-bond acceptors (Lipinski definition) is 2. The highest BCUT2D eigenvalue weighted by molar-refractivity contribution is 7.17. The van der Waals surface area contributed by atoms with Crippen molar-refractivity contribution in [3.63, 3.8) is 0 Å². The molecular weight excluding hydrogens is 280 g/mol. The Bertz CT molecular complexity index is 777. The molecule has 19 heavy (non-hydrogen) atoms. The zero-order valence-electron chi connectivity index (χ0n) is 9.76. The predicted molar refractivity (Wildman–Crippen MR) is 79.2 cm³/mol. The van der Waals surface area contributed by atoms with E-state index in [1.54, 1.807) is 23.5 Å². The summed E-state index contributed by atoms with van der Waals surface area (Å²) in [5.41, 5.74) is 1.86. The number of aromatic carboxylic acids is 1. The number of carbonyl (C=O) groups is 1. The molecule has 0 radical (unpaired) electrons. The van der Waals surface area contributed by atoms with Gasteiger partial charge in [-0.25, -0.2) is 4.79 Å². The Kier molecular flexibility index (Phi) is 3.01. The van der Waals surface area contributed by atoms with E-state index >= 15 is 0 Å². The Hall–Kier alpha value is -1.84. The summed E-state index contributed by atoms with van der Waals surface area (Å²) < 4.78 is 1.09. The molecule has 0 aliphatic heterocycles. The van der Waals surface area contributed by atoms with Crippen LogP contribution in [0, 0.1) is 0 Å². The average Bonchev–Trinajstić information content (AvgIpc) is 2.86. The van der Waals surface area contributed by atoms with Crippen LogP contribution in [0.4, 0.5) is 0 Å². The van der Waals surface area contributed by atoms with Crippen molar-refractivity contribution in [1.29, 1.82) is 0 Å². The second kappa shape index (κ2) is 4.68. The first kappa shape index (κ1) is 12.2. The molecule has 3 aromatic rings. The third-order valence-corrected chi connectivity index (χ3v) is 4.18. The molecule has 0 bridgehead atoms. The highest BCUT2D eigenvalue weighted by Crippen LogP contribution is 2.35. The number of benzene rings is 2. The number of fused-ring (bicyclic) bond motifs is 1. The quantitative estimate of drug-likeness (QED) is 0.727. The number of hydrogen-bond donors (Lipinski definition) is 1. The highest BCUT2D eigenvalue weighted by Gasteiger charge is 2.14. The van der Waals surface area contributed by atoms with E-state index in [1.165, 1.54) is 6.07 Å². The second-order valence-electron chi connectivity index (χ2n) is 4.14. The number of carboxylic acids is 1. The molecule has 94 valence electrons. The Labute approximate surface area is 118 Å². The van der Waals surface area contributed by atoms with E-state index in [1.807, 2.05) is 29.6 Å². The lowest BCUT2D eigenvalue weighted by Gasteiger charge is -2.08. The molecular formula is C15H9ClO2S. The molecule has 3 rings (SSSR count). The van der Waals surface area contributed by atoms with E-state index in [0.29, 0.717) is 10.6 Å². The zero-order chi connectivity index (χ0) is 13.4. The molecule has 0 aliphatic carbocycles. The van der Waals surface area contributed by atoms with Crippen LogP contribution < -0.4 is 0 Å². The Morgan fingerprint density at radius 2 is 1.95 bits per heavy atom. The summed E-state index contributed by atoms with van der Waals surface area (Å²) >= 11 is 7.49. The van der Waals surface area contributed by atoms with Gasteiger partial charge in [-0.2, -0.15) is 0 Å². The molecule has 0 saturated carbocycles. The van der Waals surface area contributed by atoms with Crippen molar-refractivity contribution in [2.24, 2.45) is 0 Å². The zero-order valence-corrected chi connectivity index (χ0v) is 11.3. The van der Waals surface area contributed by atoms with Crippen LogP contribution in [-0.4, -0.2) is 11.1 Å². The summed E-state index contributed by atoms with van der Waals surface area (Å²) in [6.45, 7) is 0. The summed E-state index contributed by atoms with van der Waals surface area (Å²) in [4.78, 5) is 11.4. The molecule has 0 fully saturated rings. The van der Waals surface area contributed by atoms with Gasteiger partial charge in [-0.3, -0.25) is 0 Å². The summed E-state index contributed by atoms with van der Waals surface area (Å²) in [5, 5.41) is 12.9. The van der Waals surface area contributed by atoms with Gasteiger partial charge in [0.05, 0.1) is 5.56 Å². The summed E-state index contributed by atoms with van der Waals surface area (Å²) in [5.74, 6) is -0.967. The van der Waals surface area contributed by atoms with Gasteiger partial charge in [0.1, 0.15) is 0 Å². The van der Waals surface area contributed by atoms with Crippen molar-refractivity contribution in [1.82, 2.24) is 0 Å². The number of halogens is 1. The maximum absolute atomic E-state index is 11.4. The Morgan fingerprint density at radius 3 is 2.74 bits per heavy atom. The first-order valence-corrected chi connectivity index (χ1v) is 6.92. The van der Waals surface area contributed by atoms with Crippen LogP contribution in [0.1, 0.15) is 10.4 Å². The van der Waals surface area contributed by atoms with Crippen LogP contribution in [-0.2, 0) is 0 Å². The summed E-state index contributed by atoms with van der Waals surface area (Å²) in [6.07, 6.45) is 0. The van der Waals surface area contributed by atoms with Crippen LogP contribution in [0.2, 0.25) is 5.02 Å². The fourth-order valence-corrected chi connectivity index (χ4v) is 3.23. The molecule has 0 unspecified atom stereocenters. The van der Waals surface area contributed by atoms with E-state index in [-0.39, 0.29) is 5.56 Å². The minimum Gasteiger partial charge on any atom is -0.478 e.